The Morgan fingerprint density at radius 1 is 1.06 bits per heavy atom. The number of carbonyl (C=O) groups excluding carboxylic acids is 1. The Hall–Kier alpha value is -4.44. The van der Waals surface area contributed by atoms with Crippen LogP contribution in [0.4, 0.5) is 5.69 Å². The number of likely N-dealkylation sites (tertiary alicyclic amines) is 1. The summed E-state index contributed by atoms with van der Waals surface area (Å²) in [6.45, 7) is 5.07. The number of nitrogens with one attached hydrogen (secondary N) is 1. The number of ether oxygens (including phenoxy) is 1. The van der Waals surface area contributed by atoms with Gasteiger partial charge in [0.2, 0.25) is 0 Å². The number of rotatable bonds is 7. The maximum Gasteiger partial charge on any atom is 0.254 e. The second kappa shape index (κ2) is 13.4. The number of nitrogens with zero attached hydrogens (tertiary/aromatic N) is 5. The van der Waals surface area contributed by atoms with Gasteiger partial charge in [-0.25, -0.2) is 4.99 Å². The Balaban J connectivity index is 1.03. The number of benzene rings is 2. The summed E-state index contributed by atoms with van der Waals surface area (Å²) in [5.74, 6) is 1.64. The molecule has 4 aliphatic heterocycles. The first kappa shape index (κ1) is 31.2. The Morgan fingerprint density at radius 2 is 1.85 bits per heavy atom. The third-order valence-electron chi connectivity index (χ3n) is 9.42. The van der Waals surface area contributed by atoms with Crippen molar-refractivity contribution in [2.45, 2.75) is 43.9 Å². The molecule has 9 nitrogen and oxygen atoms in total. The third kappa shape index (κ3) is 6.56. The van der Waals surface area contributed by atoms with Crippen LogP contribution in [0.1, 0.15) is 53.9 Å². The SMILES string of the molecule is CC[C@@H]1C=C(Nc2ccc(C(=O)N3CCOC(c4ccccn4)C3)cc2)N=C2C(N3CCC(O)(c4ccc(Cl)cc4)CC3)=CC=CN21. The van der Waals surface area contributed by atoms with Gasteiger partial charge in [-0.2, -0.15) is 0 Å². The van der Waals surface area contributed by atoms with Crippen molar-refractivity contribution < 1.29 is 14.6 Å². The Kier molecular flexibility index (Phi) is 8.86. The minimum atomic E-state index is -0.880. The van der Waals surface area contributed by atoms with Crippen LogP contribution in [0.5, 0.6) is 0 Å². The van der Waals surface area contributed by atoms with Gasteiger partial charge in [-0.15, -0.1) is 0 Å². The lowest BCUT2D eigenvalue weighted by molar-refractivity contribution is -0.0247. The number of pyridine rings is 1. The Labute approximate surface area is 280 Å². The lowest BCUT2D eigenvalue weighted by atomic mass is 9.84. The van der Waals surface area contributed by atoms with Crippen LogP contribution < -0.4 is 5.32 Å². The number of amidine groups is 1. The molecule has 2 atom stereocenters. The highest BCUT2D eigenvalue weighted by atomic mass is 35.5. The van der Waals surface area contributed by atoms with E-state index in [9.17, 15) is 9.90 Å². The predicted molar refractivity (Wildman–Crippen MR) is 184 cm³/mol. The van der Waals surface area contributed by atoms with Gasteiger partial charge in [-0.3, -0.25) is 9.78 Å². The summed E-state index contributed by atoms with van der Waals surface area (Å²) in [7, 11) is 0. The van der Waals surface area contributed by atoms with E-state index in [0.717, 1.165) is 40.7 Å². The van der Waals surface area contributed by atoms with Crippen molar-refractivity contribution in [3.63, 3.8) is 0 Å². The topological polar surface area (TPSA) is 93.5 Å². The van der Waals surface area contributed by atoms with Crippen LogP contribution in [0.25, 0.3) is 0 Å². The number of carbonyl (C=O) groups is 1. The number of allylic oxidation sites excluding steroid dienone is 2. The molecule has 47 heavy (non-hydrogen) atoms. The number of aliphatic hydroxyl groups is 1. The quantitative estimate of drug-likeness (QED) is 0.320. The average molecular weight is 651 g/mol. The highest BCUT2D eigenvalue weighted by Crippen LogP contribution is 2.36. The van der Waals surface area contributed by atoms with E-state index < -0.39 is 5.60 Å². The molecule has 5 heterocycles. The van der Waals surface area contributed by atoms with E-state index >= 15 is 0 Å². The van der Waals surface area contributed by atoms with Gasteiger partial charge >= 0.3 is 0 Å². The second-order valence-corrected chi connectivity index (χ2v) is 12.8. The van der Waals surface area contributed by atoms with Gasteiger partial charge in [-0.05, 0) is 91.6 Å². The molecule has 0 spiro atoms. The zero-order valence-electron chi connectivity index (χ0n) is 26.4. The van der Waals surface area contributed by atoms with Crippen molar-refractivity contribution in [1.29, 1.82) is 0 Å². The van der Waals surface area contributed by atoms with Gasteiger partial charge in [0, 0.05) is 48.3 Å². The van der Waals surface area contributed by atoms with Gasteiger partial charge in [0.15, 0.2) is 5.84 Å². The number of fused-ring (bicyclic) bond motifs is 1. The normalized spacial score (nSPS) is 22.2. The molecule has 242 valence electrons. The number of hydrogen-bond donors (Lipinski definition) is 2. The molecule has 2 N–H and O–H groups in total. The predicted octanol–water partition coefficient (Wildman–Crippen LogP) is 6.09. The molecule has 2 aromatic carbocycles. The smallest absolute Gasteiger partial charge is 0.254 e. The Morgan fingerprint density at radius 3 is 2.57 bits per heavy atom. The molecule has 0 bridgehead atoms. The monoisotopic (exact) mass is 650 g/mol. The van der Waals surface area contributed by atoms with Gasteiger partial charge in [0.05, 0.1) is 36.2 Å². The van der Waals surface area contributed by atoms with Crippen LogP contribution in [0.3, 0.4) is 0 Å². The molecule has 2 fully saturated rings. The fourth-order valence-corrected chi connectivity index (χ4v) is 6.83. The molecule has 4 aliphatic rings. The van der Waals surface area contributed by atoms with Crippen LogP contribution in [0, 0.1) is 0 Å². The number of hydrogen-bond acceptors (Lipinski definition) is 8. The number of morpholine rings is 1. The summed E-state index contributed by atoms with van der Waals surface area (Å²) >= 11 is 6.09. The van der Waals surface area contributed by atoms with Crippen molar-refractivity contribution in [1.82, 2.24) is 19.7 Å². The molecule has 0 radical (unpaired) electrons. The zero-order valence-corrected chi connectivity index (χ0v) is 27.2. The van der Waals surface area contributed by atoms with Crippen LogP contribution in [0.15, 0.2) is 114 Å². The highest BCUT2D eigenvalue weighted by Gasteiger charge is 2.37. The molecule has 1 unspecified atom stereocenters. The number of aliphatic imine (C=N–C) groups is 1. The van der Waals surface area contributed by atoms with Crippen molar-refractivity contribution >= 4 is 29.0 Å². The third-order valence-corrected chi connectivity index (χ3v) is 9.67. The summed E-state index contributed by atoms with van der Waals surface area (Å²) in [6.07, 6.45) is 12.1. The molecule has 0 saturated carbocycles. The number of anilines is 1. The minimum absolute atomic E-state index is 0.0205. The first-order chi connectivity index (χ1) is 22.9. The summed E-state index contributed by atoms with van der Waals surface area (Å²) < 4.78 is 5.90. The number of piperidine rings is 1. The summed E-state index contributed by atoms with van der Waals surface area (Å²) in [6, 6.07) is 21.0. The maximum absolute atomic E-state index is 13.4. The van der Waals surface area contributed by atoms with Crippen LogP contribution in [0.2, 0.25) is 5.02 Å². The number of halogens is 1. The summed E-state index contributed by atoms with van der Waals surface area (Å²) in [5.41, 5.74) is 3.40. The molecule has 0 aliphatic carbocycles. The molecular formula is C37H39ClN6O3. The fourth-order valence-electron chi connectivity index (χ4n) is 6.70. The molecule has 10 heteroatoms. The first-order valence-electron chi connectivity index (χ1n) is 16.3. The van der Waals surface area contributed by atoms with E-state index in [1.54, 1.807) is 6.20 Å². The standard InChI is InChI=1S/C37H39ClN6O3/c1-2-30-24-34(40-29-14-8-26(9-15-29)36(45)43-22-23-47-33(25-43)31-6-3-4-18-39-31)41-35-32(7-5-19-44(30)35)42-20-16-37(46,17-21-42)27-10-12-28(38)13-11-27/h3-15,18-19,24,30,33,40,46H,2,16-17,20-23,25H2,1H3/t30-,33?/m1/s1. The van der Waals surface area contributed by atoms with E-state index in [-0.39, 0.29) is 18.1 Å². The van der Waals surface area contributed by atoms with Crippen molar-refractivity contribution in [2.24, 2.45) is 4.99 Å². The Bertz CT molecular complexity index is 1710. The number of aromatic nitrogens is 1. The minimum Gasteiger partial charge on any atom is -0.385 e. The molecular weight excluding hydrogens is 612 g/mol. The summed E-state index contributed by atoms with van der Waals surface area (Å²) in [5, 5.41) is 15.6. The van der Waals surface area contributed by atoms with Gasteiger partial charge < -0.3 is 29.9 Å². The van der Waals surface area contributed by atoms with Crippen molar-refractivity contribution in [3.05, 3.63) is 131 Å². The number of amides is 1. The molecule has 1 aromatic heterocycles. The lowest BCUT2D eigenvalue weighted by Crippen LogP contribution is -2.48. The fraction of sp³-hybridized carbons (Fsp3) is 0.324. The zero-order chi connectivity index (χ0) is 32.4. The lowest BCUT2D eigenvalue weighted by Gasteiger charge is -2.43. The largest absolute Gasteiger partial charge is 0.385 e. The van der Waals surface area contributed by atoms with E-state index in [4.69, 9.17) is 21.3 Å². The second-order valence-electron chi connectivity index (χ2n) is 12.4. The van der Waals surface area contributed by atoms with Gasteiger partial charge in [-0.1, -0.05) is 36.7 Å². The maximum atomic E-state index is 13.4. The van der Waals surface area contributed by atoms with Crippen LogP contribution in [-0.4, -0.2) is 75.4 Å². The highest BCUT2D eigenvalue weighted by molar-refractivity contribution is 6.30. The first-order valence-corrected chi connectivity index (χ1v) is 16.7. The van der Waals surface area contributed by atoms with E-state index in [1.165, 1.54) is 0 Å². The van der Waals surface area contributed by atoms with Gasteiger partial charge in [0.1, 0.15) is 11.9 Å². The molecule has 3 aromatic rings. The van der Waals surface area contributed by atoms with Crippen molar-refractivity contribution in [3.8, 4) is 0 Å². The summed E-state index contributed by atoms with van der Waals surface area (Å²) in [4.78, 5) is 29.3. The average Bonchev–Trinajstić information content (AvgIpc) is 3.12. The van der Waals surface area contributed by atoms with Gasteiger partial charge in [0.25, 0.3) is 5.91 Å². The van der Waals surface area contributed by atoms with Crippen LogP contribution >= 0.6 is 11.6 Å². The van der Waals surface area contributed by atoms with Crippen LogP contribution in [-0.2, 0) is 10.3 Å². The molecule has 2 saturated heterocycles. The van der Waals surface area contributed by atoms with E-state index in [0.29, 0.717) is 56.2 Å². The van der Waals surface area contributed by atoms with E-state index in [2.05, 4.69) is 51.5 Å². The molecule has 1 amide bonds. The molecule has 7 rings (SSSR count). The van der Waals surface area contributed by atoms with Crippen molar-refractivity contribution in [2.75, 3.05) is 38.1 Å². The van der Waals surface area contributed by atoms with E-state index in [1.807, 2.05) is 71.6 Å².